The van der Waals surface area contributed by atoms with Crippen molar-refractivity contribution in [2.45, 2.75) is 38.9 Å². The number of carbonyl (C=O) groups excluding carboxylic acids is 2. The SMILES string of the molecule is CC(=O)NCc1ccc(C(=O)N(Cc2cccs2)C2CC2)cc1. The van der Waals surface area contributed by atoms with Gasteiger partial charge in [0.25, 0.3) is 5.91 Å². The van der Waals surface area contributed by atoms with Crippen molar-refractivity contribution in [3.63, 3.8) is 0 Å². The Bertz CT molecular complexity index is 676. The third kappa shape index (κ3) is 4.20. The number of nitrogens with zero attached hydrogens (tertiary/aromatic N) is 1. The first-order chi connectivity index (χ1) is 11.1. The fourth-order valence-corrected chi connectivity index (χ4v) is 3.18. The summed E-state index contributed by atoms with van der Waals surface area (Å²) in [6.45, 7) is 2.68. The van der Waals surface area contributed by atoms with Gasteiger partial charge < -0.3 is 10.2 Å². The molecular weight excluding hydrogens is 308 g/mol. The zero-order valence-corrected chi connectivity index (χ0v) is 13.9. The van der Waals surface area contributed by atoms with Gasteiger partial charge in [-0.25, -0.2) is 0 Å². The summed E-state index contributed by atoms with van der Waals surface area (Å²) in [5.41, 5.74) is 1.70. The van der Waals surface area contributed by atoms with Crippen molar-refractivity contribution < 1.29 is 9.59 Å². The first kappa shape index (κ1) is 15.7. The Morgan fingerprint density at radius 1 is 1.22 bits per heavy atom. The van der Waals surface area contributed by atoms with Crippen LogP contribution >= 0.6 is 11.3 Å². The van der Waals surface area contributed by atoms with Gasteiger partial charge in [-0.1, -0.05) is 18.2 Å². The molecule has 0 bridgehead atoms. The van der Waals surface area contributed by atoms with Crippen molar-refractivity contribution in [2.24, 2.45) is 0 Å². The van der Waals surface area contributed by atoms with E-state index < -0.39 is 0 Å². The molecule has 2 aromatic rings. The first-order valence-corrected chi connectivity index (χ1v) is 8.68. The second-order valence-electron chi connectivity index (χ2n) is 5.85. The van der Waals surface area contributed by atoms with Crippen molar-refractivity contribution in [1.29, 1.82) is 0 Å². The maximum absolute atomic E-state index is 12.8. The van der Waals surface area contributed by atoms with Crippen LogP contribution in [0.5, 0.6) is 0 Å². The van der Waals surface area contributed by atoms with Crippen LogP contribution < -0.4 is 5.32 Å². The molecule has 0 saturated heterocycles. The lowest BCUT2D eigenvalue weighted by atomic mass is 10.1. The average Bonchev–Trinajstić information content (AvgIpc) is 3.26. The molecule has 1 aromatic heterocycles. The predicted molar refractivity (Wildman–Crippen MR) is 91.2 cm³/mol. The number of hydrogen-bond acceptors (Lipinski definition) is 3. The molecule has 1 fully saturated rings. The lowest BCUT2D eigenvalue weighted by molar-refractivity contribution is -0.119. The highest BCUT2D eigenvalue weighted by atomic mass is 32.1. The molecule has 5 heteroatoms. The molecule has 0 spiro atoms. The van der Waals surface area contributed by atoms with Gasteiger partial charge in [-0.05, 0) is 42.0 Å². The minimum Gasteiger partial charge on any atom is -0.352 e. The summed E-state index contributed by atoms with van der Waals surface area (Å²) in [5.74, 6) is 0.0352. The van der Waals surface area contributed by atoms with E-state index in [1.165, 1.54) is 11.8 Å². The van der Waals surface area contributed by atoms with E-state index >= 15 is 0 Å². The molecule has 1 N–H and O–H groups in total. The molecule has 3 rings (SSSR count). The molecule has 1 saturated carbocycles. The summed E-state index contributed by atoms with van der Waals surface area (Å²) < 4.78 is 0. The van der Waals surface area contributed by atoms with Gasteiger partial charge >= 0.3 is 0 Å². The van der Waals surface area contributed by atoms with Gasteiger partial charge in [0, 0.05) is 30.0 Å². The summed E-state index contributed by atoms with van der Waals surface area (Å²) in [6.07, 6.45) is 2.19. The van der Waals surface area contributed by atoms with E-state index in [-0.39, 0.29) is 11.8 Å². The quantitative estimate of drug-likeness (QED) is 0.885. The van der Waals surface area contributed by atoms with Crippen LogP contribution in [0.3, 0.4) is 0 Å². The normalized spacial score (nSPS) is 13.6. The molecule has 120 valence electrons. The first-order valence-electron chi connectivity index (χ1n) is 7.80. The second kappa shape index (κ2) is 6.96. The van der Waals surface area contributed by atoms with E-state index in [4.69, 9.17) is 0 Å². The monoisotopic (exact) mass is 328 g/mol. The number of nitrogens with one attached hydrogen (secondary N) is 1. The fourth-order valence-electron chi connectivity index (χ4n) is 2.48. The summed E-state index contributed by atoms with van der Waals surface area (Å²) in [7, 11) is 0. The standard InChI is InChI=1S/C18H20N2O2S/c1-13(21)19-11-14-4-6-15(7-5-14)18(22)20(16-8-9-16)12-17-3-2-10-23-17/h2-7,10,16H,8-9,11-12H2,1H3,(H,19,21). The molecule has 0 aliphatic heterocycles. The zero-order valence-electron chi connectivity index (χ0n) is 13.1. The summed E-state index contributed by atoms with van der Waals surface area (Å²) in [4.78, 5) is 26.9. The predicted octanol–water partition coefficient (Wildman–Crippen LogP) is 3.19. The van der Waals surface area contributed by atoms with Gasteiger partial charge in [-0.3, -0.25) is 9.59 Å². The number of rotatable bonds is 6. The number of thiophene rings is 1. The van der Waals surface area contributed by atoms with E-state index in [9.17, 15) is 9.59 Å². The number of amides is 2. The molecule has 2 amide bonds. The van der Waals surface area contributed by atoms with Crippen molar-refractivity contribution in [2.75, 3.05) is 0 Å². The van der Waals surface area contributed by atoms with E-state index in [1.54, 1.807) is 11.3 Å². The number of benzene rings is 1. The Kier molecular flexibility index (Phi) is 4.76. The highest BCUT2D eigenvalue weighted by Gasteiger charge is 2.33. The molecule has 1 aromatic carbocycles. The number of hydrogen-bond donors (Lipinski definition) is 1. The third-order valence-corrected chi connectivity index (χ3v) is 4.76. The fraction of sp³-hybridized carbons (Fsp3) is 0.333. The van der Waals surface area contributed by atoms with Crippen molar-refractivity contribution in [1.82, 2.24) is 10.2 Å². The van der Waals surface area contributed by atoms with Crippen LogP contribution in [0.2, 0.25) is 0 Å². The molecule has 0 radical (unpaired) electrons. The van der Waals surface area contributed by atoms with Gasteiger partial charge in [-0.15, -0.1) is 11.3 Å². The maximum atomic E-state index is 12.8. The maximum Gasteiger partial charge on any atom is 0.254 e. The minimum atomic E-state index is -0.0546. The largest absolute Gasteiger partial charge is 0.352 e. The van der Waals surface area contributed by atoms with Crippen LogP contribution in [-0.4, -0.2) is 22.8 Å². The Balaban J connectivity index is 1.68. The number of carbonyl (C=O) groups is 2. The van der Waals surface area contributed by atoms with E-state index in [2.05, 4.69) is 11.4 Å². The van der Waals surface area contributed by atoms with Crippen LogP contribution in [0.4, 0.5) is 0 Å². The van der Waals surface area contributed by atoms with Gasteiger partial charge in [0.1, 0.15) is 0 Å². The van der Waals surface area contributed by atoms with Gasteiger partial charge in [0.15, 0.2) is 0 Å². The zero-order chi connectivity index (χ0) is 16.2. The van der Waals surface area contributed by atoms with Crippen molar-refractivity contribution in [3.05, 3.63) is 57.8 Å². The van der Waals surface area contributed by atoms with Gasteiger partial charge in [0.2, 0.25) is 5.91 Å². The molecule has 0 atom stereocenters. The summed E-state index contributed by atoms with van der Waals surface area (Å²) >= 11 is 1.69. The van der Waals surface area contributed by atoms with Gasteiger partial charge in [-0.2, -0.15) is 0 Å². The summed E-state index contributed by atoms with van der Waals surface area (Å²) in [5, 5.41) is 4.80. The Morgan fingerprint density at radius 2 is 1.96 bits per heavy atom. The van der Waals surface area contributed by atoms with Crippen LogP contribution in [0.25, 0.3) is 0 Å². The molecule has 0 unspecified atom stereocenters. The Hall–Kier alpha value is -2.14. The third-order valence-electron chi connectivity index (χ3n) is 3.90. The van der Waals surface area contributed by atoms with Gasteiger partial charge in [0.05, 0.1) is 6.54 Å². The van der Waals surface area contributed by atoms with E-state index in [1.807, 2.05) is 40.6 Å². The molecule has 23 heavy (non-hydrogen) atoms. The molecule has 1 aliphatic carbocycles. The van der Waals surface area contributed by atoms with Crippen LogP contribution in [0.15, 0.2) is 41.8 Å². The average molecular weight is 328 g/mol. The lowest BCUT2D eigenvalue weighted by Gasteiger charge is -2.22. The topological polar surface area (TPSA) is 49.4 Å². The van der Waals surface area contributed by atoms with Crippen LogP contribution in [0.1, 0.15) is 40.6 Å². The Morgan fingerprint density at radius 3 is 2.52 bits per heavy atom. The van der Waals surface area contributed by atoms with E-state index in [0.717, 1.165) is 18.4 Å². The summed E-state index contributed by atoms with van der Waals surface area (Å²) in [6, 6.07) is 12.0. The molecular formula is C18H20N2O2S. The Labute approximate surface area is 140 Å². The molecule has 1 heterocycles. The van der Waals surface area contributed by atoms with Crippen LogP contribution in [-0.2, 0) is 17.9 Å². The minimum absolute atomic E-state index is 0.0546. The smallest absolute Gasteiger partial charge is 0.254 e. The highest BCUT2D eigenvalue weighted by molar-refractivity contribution is 7.09. The van der Waals surface area contributed by atoms with E-state index in [0.29, 0.717) is 24.7 Å². The van der Waals surface area contributed by atoms with Crippen LogP contribution in [0, 0.1) is 0 Å². The van der Waals surface area contributed by atoms with Crippen molar-refractivity contribution in [3.8, 4) is 0 Å². The molecule has 4 nitrogen and oxygen atoms in total. The molecule has 1 aliphatic rings. The second-order valence-corrected chi connectivity index (χ2v) is 6.88. The lowest BCUT2D eigenvalue weighted by Crippen LogP contribution is -2.32. The van der Waals surface area contributed by atoms with Crippen molar-refractivity contribution >= 4 is 23.2 Å². The highest BCUT2D eigenvalue weighted by Crippen LogP contribution is 2.30.